The van der Waals surface area contributed by atoms with Gasteiger partial charge in [0.25, 0.3) is 0 Å². The van der Waals surface area contributed by atoms with Gasteiger partial charge in [0, 0.05) is 20.1 Å². The first-order valence-electron chi connectivity index (χ1n) is 5.43. The molecule has 0 aromatic rings. The normalized spacial score (nSPS) is 10.2. The van der Waals surface area contributed by atoms with Crippen molar-refractivity contribution in [2.24, 2.45) is 4.99 Å². The quantitative estimate of drug-likeness (QED) is 0.709. The molecule has 0 rings (SSSR count). The zero-order valence-corrected chi connectivity index (χ0v) is 11.1. The third-order valence-corrected chi connectivity index (χ3v) is 1.72. The molecule has 0 aliphatic rings. The standard InChI is InChI=1S/C10H18FN3.C2H6/c1-8(2)10(11)13-9(3)14(5)7-6-12-4;1-2/h12H,1,3,6-7H2,2,4-5H3;1-2H3/b13-10+;. The molecule has 0 aliphatic heterocycles. The van der Waals surface area contributed by atoms with Crippen LogP contribution < -0.4 is 5.32 Å². The topological polar surface area (TPSA) is 27.6 Å². The fourth-order valence-corrected chi connectivity index (χ4v) is 0.703. The Labute approximate surface area is 98.8 Å². The minimum Gasteiger partial charge on any atom is -0.359 e. The highest BCUT2D eigenvalue weighted by Gasteiger charge is 2.02. The lowest BCUT2D eigenvalue weighted by Gasteiger charge is -2.17. The van der Waals surface area contributed by atoms with Crippen molar-refractivity contribution in [3.63, 3.8) is 0 Å². The Hall–Kier alpha value is -1.16. The van der Waals surface area contributed by atoms with E-state index >= 15 is 0 Å². The second-order valence-electron chi connectivity index (χ2n) is 3.12. The number of nitrogens with one attached hydrogen (secondary N) is 1. The van der Waals surface area contributed by atoms with Crippen LogP contribution in [0.1, 0.15) is 20.8 Å². The number of nitrogens with zero attached hydrogens (tertiary/aromatic N) is 2. The van der Waals surface area contributed by atoms with Crippen molar-refractivity contribution in [3.8, 4) is 0 Å². The van der Waals surface area contributed by atoms with E-state index in [1.807, 2.05) is 27.9 Å². The smallest absolute Gasteiger partial charge is 0.217 e. The van der Waals surface area contributed by atoms with Gasteiger partial charge in [0.15, 0.2) is 0 Å². The lowest BCUT2D eigenvalue weighted by Crippen LogP contribution is -2.26. The molecule has 0 atom stereocenters. The molecular weight excluding hydrogens is 205 g/mol. The van der Waals surface area contributed by atoms with Gasteiger partial charge in [-0.25, -0.2) is 4.99 Å². The number of likely N-dealkylation sites (N-methyl/N-ethyl adjacent to an activating group) is 2. The number of hydrogen-bond acceptors (Lipinski definition) is 3. The largest absolute Gasteiger partial charge is 0.359 e. The van der Waals surface area contributed by atoms with Crippen molar-refractivity contribution < 1.29 is 4.39 Å². The summed E-state index contributed by atoms with van der Waals surface area (Å²) in [6.45, 7) is 14.2. The first kappa shape index (κ1) is 17.2. The summed E-state index contributed by atoms with van der Waals surface area (Å²) in [5, 5.41) is 2.99. The van der Waals surface area contributed by atoms with Crippen LogP contribution in [0.3, 0.4) is 0 Å². The van der Waals surface area contributed by atoms with Crippen LogP contribution in [0.25, 0.3) is 0 Å². The summed E-state index contributed by atoms with van der Waals surface area (Å²) < 4.78 is 13.0. The van der Waals surface area contributed by atoms with Crippen LogP contribution in [0.15, 0.2) is 29.5 Å². The molecule has 0 aromatic heterocycles. The van der Waals surface area contributed by atoms with Gasteiger partial charge in [-0.3, -0.25) is 0 Å². The SMILES string of the molecule is C=C(C)/C(F)=N\C(=C)N(C)CCNC.CC. The van der Waals surface area contributed by atoms with Gasteiger partial charge in [-0.05, 0) is 19.5 Å². The van der Waals surface area contributed by atoms with Gasteiger partial charge in [0.1, 0.15) is 5.82 Å². The van der Waals surface area contributed by atoms with E-state index in [4.69, 9.17) is 0 Å². The molecule has 0 fully saturated rings. The van der Waals surface area contributed by atoms with Gasteiger partial charge in [0.2, 0.25) is 5.97 Å². The second kappa shape index (κ2) is 10.4. The van der Waals surface area contributed by atoms with Crippen molar-refractivity contribution >= 4 is 5.97 Å². The summed E-state index contributed by atoms with van der Waals surface area (Å²) in [7, 11) is 3.67. The molecule has 0 unspecified atom stereocenters. The van der Waals surface area contributed by atoms with Crippen LogP contribution in [-0.2, 0) is 0 Å². The highest BCUT2D eigenvalue weighted by molar-refractivity contribution is 5.91. The Bertz CT molecular complexity index is 247. The van der Waals surface area contributed by atoms with E-state index in [-0.39, 0.29) is 0 Å². The number of rotatable bonds is 6. The lowest BCUT2D eigenvalue weighted by atomic mass is 10.4. The van der Waals surface area contributed by atoms with Crippen LogP contribution in [0.5, 0.6) is 0 Å². The molecule has 0 amide bonds. The van der Waals surface area contributed by atoms with E-state index < -0.39 is 5.97 Å². The highest BCUT2D eigenvalue weighted by Crippen LogP contribution is 2.04. The predicted octanol–water partition coefficient (Wildman–Crippen LogP) is 2.58. The number of hydrogen-bond donors (Lipinski definition) is 1. The van der Waals surface area contributed by atoms with E-state index in [2.05, 4.69) is 23.5 Å². The van der Waals surface area contributed by atoms with Gasteiger partial charge >= 0.3 is 0 Å². The molecule has 0 aliphatic carbocycles. The minimum atomic E-state index is -0.564. The van der Waals surface area contributed by atoms with Gasteiger partial charge in [-0.15, -0.1) is 0 Å². The Morgan fingerprint density at radius 1 is 1.38 bits per heavy atom. The molecule has 3 nitrogen and oxygen atoms in total. The Morgan fingerprint density at radius 2 is 1.88 bits per heavy atom. The molecule has 0 heterocycles. The Balaban J connectivity index is 0. The predicted molar refractivity (Wildman–Crippen MR) is 70.4 cm³/mol. The third-order valence-electron chi connectivity index (χ3n) is 1.72. The average molecular weight is 229 g/mol. The fourth-order valence-electron chi connectivity index (χ4n) is 0.703. The van der Waals surface area contributed by atoms with Crippen LogP contribution in [-0.4, -0.2) is 38.1 Å². The Morgan fingerprint density at radius 3 is 2.25 bits per heavy atom. The molecule has 0 radical (unpaired) electrons. The van der Waals surface area contributed by atoms with Crippen molar-refractivity contribution in [1.82, 2.24) is 10.2 Å². The highest BCUT2D eigenvalue weighted by atomic mass is 19.1. The van der Waals surface area contributed by atoms with Gasteiger partial charge in [-0.1, -0.05) is 27.0 Å². The fraction of sp³-hybridized carbons (Fsp3) is 0.583. The molecule has 0 bridgehead atoms. The summed E-state index contributed by atoms with van der Waals surface area (Å²) in [6.07, 6.45) is 0. The molecule has 4 heteroatoms. The van der Waals surface area contributed by atoms with Crippen LogP contribution >= 0.6 is 0 Å². The van der Waals surface area contributed by atoms with E-state index in [1.165, 1.54) is 0 Å². The molecule has 0 saturated heterocycles. The zero-order chi connectivity index (χ0) is 13.1. The molecule has 16 heavy (non-hydrogen) atoms. The molecule has 94 valence electrons. The molecular formula is C12H24FN3. The van der Waals surface area contributed by atoms with Crippen LogP contribution in [0, 0.1) is 0 Å². The number of aliphatic imine (C=N–C) groups is 1. The molecule has 0 aromatic carbocycles. The van der Waals surface area contributed by atoms with Gasteiger partial charge in [0.05, 0.1) is 0 Å². The van der Waals surface area contributed by atoms with Crippen LogP contribution in [0.4, 0.5) is 4.39 Å². The Kier molecular flexibility index (Phi) is 11.2. The van der Waals surface area contributed by atoms with Gasteiger partial charge in [-0.2, -0.15) is 4.39 Å². The summed E-state index contributed by atoms with van der Waals surface area (Å²) >= 11 is 0. The maximum Gasteiger partial charge on any atom is 0.217 e. The maximum absolute atomic E-state index is 13.0. The van der Waals surface area contributed by atoms with E-state index in [1.54, 1.807) is 11.8 Å². The second-order valence-corrected chi connectivity index (χ2v) is 3.12. The molecule has 1 N–H and O–H groups in total. The van der Waals surface area contributed by atoms with Crippen molar-refractivity contribution in [3.05, 3.63) is 24.6 Å². The van der Waals surface area contributed by atoms with E-state index in [0.29, 0.717) is 11.4 Å². The maximum atomic E-state index is 13.0. The summed E-state index contributed by atoms with van der Waals surface area (Å²) in [5.41, 5.74) is 0.313. The van der Waals surface area contributed by atoms with Crippen LogP contribution in [0.2, 0.25) is 0 Å². The molecule has 0 spiro atoms. The van der Waals surface area contributed by atoms with E-state index in [9.17, 15) is 4.39 Å². The average Bonchev–Trinajstić information content (AvgIpc) is 2.28. The summed E-state index contributed by atoms with van der Waals surface area (Å²) in [4.78, 5) is 5.46. The first-order valence-corrected chi connectivity index (χ1v) is 5.43. The molecule has 0 saturated carbocycles. The summed E-state index contributed by atoms with van der Waals surface area (Å²) in [6, 6.07) is 0. The monoisotopic (exact) mass is 229 g/mol. The van der Waals surface area contributed by atoms with Crippen molar-refractivity contribution in [1.29, 1.82) is 0 Å². The van der Waals surface area contributed by atoms with Crippen molar-refractivity contribution in [2.75, 3.05) is 27.2 Å². The van der Waals surface area contributed by atoms with Gasteiger partial charge < -0.3 is 10.2 Å². The lowest BCUT2D eigenvalue weighted by molar-refractivity contribution is 0.412. The first-order chi connectivity index (χ1) is 7.49. The zero-order valence-electron chi connectivity index (χ0n) is 11.1. The summed E-state index contributed by atoms with van der Waals surface area (Å²) in [5.74, 6) is -0.160. The number of halogens is 1. The van der Waals surface area contributed by atoms with Crippen molar-refractivity contribution in [2.45, 2.75) is 20.8 Å². The van der Waals surface area contributed by atoms with E-state index in [0.717, 1.165) is 13.1 Å². The number of allylic oxidation sites excluding steroid dienone is 1. The minimum absolute atomic E-state index is 0.313. The third kappa shape index (κ3) is 8.17.